The van der Waals surface area contributed by atoms with Gasteiger partial charge < -0.3 is 16.0 Å². The van der Waals surface area contributed by atoms with E-state index in [-0.39, 0.29) is 24.2 Å². The number of amides is 2. The number of benzene rings is 2. The van der Waals surface area contributed by atoms with Gasteiger partial charge in [-0.05, 0) is 55.0 Å². The van der Waals surface area contributed by atoms with Gasteiger partial charge in [0.15, 0.2) is 5.82 Å². The molecule has 2 heterocycles. The molecule has 0 saturated heterocycles. The number of aromatic nitrogens is 3. The Bertz CT molecular complexity index is 1500. The second-order valence-electron chi connectivity index (χ2n) is 9.76. The largest absolute Gasteiger partial charge is 0.373 e. The van der Waals surface area contributed by atoms with Gasteiger partial charge in [-0.15, -0.1) is 12.4 Å². The molecule has 0 aliphatic rings. The Balaban J connectivity index is 0.00000400. The van der Waals surface area contributed by atoms with Crippen LogP contribution in [0.2, 0.25) is 5.02 Å². The molecule has 4 rings (SSSR count). The number of nitrogens with one attached hydrogen (secondary N) is 3. The first-order chi connectivity index (χ1) is 17.5. The molecule has 38 heavy (non-hydrogen) atoms. The van der Waals surface area contributed by atoms with E-state index in [9.17, 15) is 9.59 Å². The van der Waals surface area contributed by atoms with Crippen molar-refractivity contribution in [1.29, 1.82) is 0 Å². The number of rotatable bonds is 6. The van der Waals surface area contributed by atoms with Crippen LogP contribution in [0, 0.1) is 12.3 Å². The normalized spacial score (nSPS) is 11.0. The maximum atomic E-state index is 13.1. The molecule has 4 aromatic rings. The zero-order valence-electron chi connectivity index (χ0n) is 21.8. The zero-order valence-corrected chi connectivity index (χ0v) is 23.4. The van der Waals surface area contributed by atoms with Crippen LogP contribution in [0.5, 0.6) is 0 Å². The molecule has 0 bridgehead atoms. The predicted octanol–water partition coefficient (Wildman–Crippen LogP) is 6.03. The molecule has 3 N–H and O–H groups in total. The van der Waals surface area contributed by atoms with E-state index in [1.165, 1.54) is 0 Å². The van der Waals surface area contributed by atoms with E-state index in [1.54, 1.807) is 43.6 Å². The average Bonchev–Trinajstić information content (AvgIpc) is 2.86. The zero-order chi connectivity index (χ0) is 26.7. The molecule has 8 nitrogen and oxygen atoms in total. The van der Waals surface area contributed by atoms with Crippen LogP contribution in [0.4, 0.5) is 11.5 Å². The van der Waals surface area contributed by atoms with Crippen molar-refractivity contribution < 1.29 is 9.59 Å². The van der Waals surface area contributed by atoms with Crippen LogP contribution in [0.25, 0.3) is 22.3 Å². The Hall–Kier alpha value is -3.75. The maximum Gasteiger partial charge on any atom is 0.257 e. The second kappa shape index (κ2) is 11.8. The maximum absolute atomic E-state index is 13.1. The summed E-state index contributed by atoms with van der Waals surface area (Å²) in [5, 5.41) is 10.1. The highest BCUT2D eigenvalue weighted by Crippen LogP contribution is 2.28. The van der Waals surface area contributed by atoms with Gasteiger partial charge in [-0.2, -0.15) is 0 Å². The SMILES string of the molecule is CNc1nc(-c2ccnc(C)c2)nc2cc(NC(=O)c3cc(CNC(=O)C(C)(C)C)ccc3Cl)ccc12.Cl. The van der Waals surface area contributed by atoms with E-state index < -0.39 is 5.41 Å². The van der Waals surface area contributed by atoms with Crippen LogP contribution in [0.1, 0.15) is 42.4 Å². The number of halogens is 2. The number of pyridine rings is 1. The average molecular weight is 553 g/mol. The fourth-order valence-corrected chi connectivity index (χ4v) is 3.92. The lowest BCUT2D eigenvalue weighted by Crippen LogP contribution is -2.34. The highest BCUT2D eigenvalue weighted by atomic mass is 35.5. The van der Waals surface area contributed by atoms with Gasteiger partial charge in [0.1, 0.15) is 5.82 Å². The fourth-order valence-electron chi connectivity index (χ4n) is 3.71. The molecule has 198 valence electrons. The van der Waals surface area contributed by atoms with Crippen LogP contribution >= 0.6 is 24.0 Å². The first-order valence-corrected chi connectivity index (χ1v) is 12.2. The van der Waals surface area contributed by atoms with Crippen LogP contribution < -0.4 is 16.0 Å². The van der Waals surface area contributed by atoms with Crippen molar-refractivity contribution >= 4 is 58.2 Å². The summed E-state index contributed by atoms with van der Waals surface area (Å²) in [7, 11) is 1.80. The summed E-state index contributed by atoms with van der Waals surface area (Å²) in [6.07, 6.45) is 1.72. The monoisotopic (exact) mass is 552 g/mol. The van der Waals surface area contributed by atoms with E-state index in [4.69, 9.17) is 16.6 Å². The number of anilines is 2. The van der Waals surface area contributed by atoms with Crippen molar-refractivity contribution in [3.8, 4) is 11.4 Å². The molecule has 2 amide bonds. The van der Waals surface area contributed by atoms with E-state index in [1.807, 2.05) is 45.9 Å². The van der Waals surface area contributed by atoms with E-state index in [0.717, 1.165) is 22.2 Å². The molecule has 0 atom stereocenters. The lowest BCUT2D eigenvalue weighted by Gasteiger charge is -2.18. The van der Waals surface area contributed by atoms with Gasteiger partial charge in [-0.1, -0.05) is 38.4 Å². The van der Waals surface area contributed by atoms with Crippen LogP contribution in [0.3, 0.4) is 0 Å². The summed E-state index contributed by atoms with van der Waals surface area (Å²) in [4.78, 5) is 39.0. The number of fused-ring (bicyclic) bond motifs is 1. The summed E-state index contributed by atoms with van der Waals surface area (Å²) >= 11 is 6.35. The molecule has 0 fully saturated rings. The van der Waals surface area contributed by atoms with Crippen molar-refractivity contribution in [3.05, 3.63) is 76.6 Å². The molecule has 0 radical (unpaired) electrons. The smallest absolute Gasteiger partial charge is 0.257 e. The second-order valence-corrected chi connectivity index (χ2v) is 10.2. The first-order valence-electron chi connectivity index (χ1n) is 11.9. The van der Waals surface area contributed by atoms with Gasteiger partial charge in [0.2, 0.25) is 5.91 Å². The van der Waals surface area contributed by atoms with Gasteiger partial charge in [-0.3, -0.25) is 14.6 Å². The minimum atomic E-state index is -0.504. The molecular formula is C28H30Cl2N6O2. The third-order valence-corrected chi connectivity index (χ3v) is 6.09. The molecule has 0 aliphatic heterocycles. The van der Waals surface area contributed by atoms with E-state index in [0.29, 0.717) is 40.0 Å². The Morgan fingerprint density at radius 2 is 1.76 bits per heavy atom. The minimum Gasteiger partial charge on any atom is -0.373 e. The van der Waals surface area contributed by atoms with Gasteiger partial charge in [0.25, 0.3) is 5.91 Å². The molecule has 0 aliphatic carbocycles. The molecule has 0 unspecified atom stereocenters. The Kier molecular flexibility index (Phi) is 8.91. The third-order valence-electron chi connectivity index (χ3n) is 5.76. The van der Waals surface area contributed by atoms with E-state index in [2.05, 4.69) is 25.9 Å². The summed E-state index contributed by atoms with van der Waals surface area (Å²) in [5.74, 6) is 0.800. The van der Waals surface area contributed by atoms with E-state index >= 15 is 0 Å². The number of nitrogens with zero attached hydrogens (tertiary/aromatic N) is 3. The highest BCUT2D eigenvalue weighted by Gasteiger charge is 2.21. The van der Waals surface area contributed by atoms with Gasteiger partial charge in [-0.25, -0.2) is 9.97 Å². The Morgan fingerprint density at radius 1 is 1.00 bits per heavy atom. The molecule has 0 saturated carbocycles. The van der Waals surface area contributed by atoms with Crippen molar-refractivity contribution in [2.45, 2.75) is 34.2 Å². The number of aryl methyl sites for hydroxylation is 1. The molecular weight excluding hydrogens is 523 g/mol. The Labute approximate surface area is 233 Å². The molecule has 2 aromatic heterocycles. The highest BCUT2D eigenvalue weighted by molar-refractivity contribution is 6.34. The number of hydrogen-bond donors (Lipinski definition) is 3. The summed E-state index contributed by atoms with van der Waals surface area (Å²) in [5.41, 5.74) is 3.54. The quantitative estimate of drug-likeness (QED) is 0.269. The van der Waals surface area contributed by atoms with Crippen molar-refractivity contribution in [3.63, 3.8) is 0 Å². The van der Waals surface area contributed by atoms with Crippen LogP contribution in [0.15, 0.2) is 54.7 Å². The summed E-state index contributed by atoms with van der Waals surface area (Å²) in [6, 6.07) is 14.4. The number of hydrogen-bond acceptors (Lipinski definition) is 6. The van der Waals surface area contributed by atoms with Crippen LogP contribution in [-0.4, -0.2) is 33.8 Å². The fraction of sp³-hybridized carbons (Fsp3) is 0.250. The molecule has 10 heteroatoms. The topological polar surface area (TPSA) is 109 Å². The summed E-state index contributed by atoms with van der Waals surface area (Å²) in [6.45, 7) is 7.74. The third kappa shape index (κ3) is 6.57. The van der Waals surface area contributed by atoms with Crippen molar-refractivity contribution in [2.75, 3.05) is 17.7 Å². The molecule has 2 aromatic carbocycles. The lowest BCUT2D eigenvalue weighted by atomic mass is 9.95. The standard InChI is InChI=1S/C28H29ClN6O2.ClH/c1-16-12-18(10-11-31-16)24-34-23-14-19(7-8-20(23)25(30-5)35-24)33-26(36)21-13-17(6-9-22(21)29)15-32-27(37)28(2,3)4;/h6-14H,15H2,1-5H3,(H,32,37)(H,33,36)(H,30,34,35);1H. The van der Waals surface area contributed by atoms with Gasteiger partial charge in [0, 0.05) is 47.5 Å². The first kappa shape index (κ1) is 28.8. The van der Waals surface area contributed by atoms with Crippen molar-refractivity contribution in [2.24, 2.45) is 5.41 Å². The lowest BCUT2D eigenvalue weighted by molar-refractivity contribution is -0.128. The number of carbonyl (C=O) groups excluding carboxylic acids is 2. The minimum absolute atomic E-state index is 0. The predicted molar refractivity (Wildman–Crippen MR) is 155 cm³/mol. The number of carbonyl (C=O) groups is 2. The Morgan fingerprint density at radius 3 is 2.45 bits per heavy atom. The van der Waals surface area contributed by atoms with Gasteiger partial charge in [0.05, 0.1) is 16.1 Å². The van der Waals surface area contributed by atoms with Crippen LogP contribution in [-0.2, 0) is 11.3 Å². The van der Waals surface area contributed by atoms with Gasteiger partial charge >= 0.3 is 0 Å². The summed E-state index contributed by atoms with van der Waals surface area (Å²) < 4.78 is 0. The van der Waals surface area contributed by atoms with Crippen molar-refractivity contribution in [1.82, 2.24) is 20.3 Å². The molecule has 0 spiro atoms.